The molecule has 0 radical (unpaired) electrons. The van der Waals surface area contributed by atoms with E-state index in [2.05, 4.69) is 10.3 Å². The lowest BCUT2D eigenvalue weighted by Crippen LogP contribution is -2.30. The summed E-state index contributed by atoms with van der Waals surface area (Å²) in [6, 6.07) is 9.39. The third-order valence-corrected chi connectivity index (χ3v) is 7.15. The molecule has 1 amide bonds. The van der Waals surface area contributed by atoms with Gasteiger partial charge in [-0.25, -0.2) is 4.98 Å². The van der Waals surface area contributed by atoms with Gasteiger partial charge in [0.1, 0.15) is 15.8 Å². The molecule has 0 bridgehead atoms. The van der Waals surface area contributed by atoms with E-state index in [0.29, 0.717) is 57.3 Å². The van der Waals surface area contributed by atoms with Gasteiger partial charge < -0.3 is 14.8 Å². The Morgan fingerprint density at radius 2 is 1.92 bits per heavy atom. The monoisotopic (exact) mass is 524 g/mol. The van der Waals surface area contributed by atoms with Crippen LogP contribution in [0.1, 0.15) is 30.0 Å². The SMILES string of the molecule is CCCNc1nc2ccc(C)cn2c(=O)c1C=C1SC(=S)N(CCc2ccc(OC)c(OC)c2)C1=O. The highest BCUT2D eigenvalue weighted by Gasteiger charge is 2.32. The molecule has 188 valence electrons. The van der Waals surface area contributed by atoms with Crippen molar-refractivity contribution in [1.82, 2.24) is 14.3 Å². The minimum atomic E-state index is -0.238. The molecule has 1 aliphatic rings. The van der Waals surface area contributed by atoms with Crippen LogP contribution in [0.4, 0.5) is 5.82 Å². The van der Waals surface area contributed by atoms with Crippen LogP contribution in [-0.2, 0) is 11.2 Å². The Morgan fingerprint density at radius 1 is 1.14 bits per heavy atom. The quantitative estimate of drug-likeness (QED) is 0.328. The molecule has 1 N–H and O–H groups in total. The Morgan fingerprint density at radius 3 is 2.64 bits per heavy atom. The van der Waals surface area contributed by atoms with Crippen molar-refractivity contribution in [3.63, 3.8) is 0 Å². The number of carbonyl (C=O) groups is 1. The zero-order chi connectivity index (χ0) is 25.8. The average Bonchev–Trinajstić information content (AvgIpc) is 3.15. The van der Waals surface area contributed by atoms with Gasteiger partial charge in [-0.05, 0) is 55.2 Å². The lowest BCUT2D eigenvalue weighted by atomic mass is 10.1. The fourth-order valence-corrected chi connectivity index (χ4v) is 5.16. The number of nitrogens with zero attached hydrogens (tertiary/aromatic N) is 3. The van der Waals surface area contributed by atoms with Gasteiger partial charge in [0, 0.05) is 19.3 Å². The highest BCUT2D eigenvalue weighted by Crippen LogP contribution is 2.34. The summed E-state index contributed by atoms with van der Waals surface area (Å²) in [6.07, 6.45) is 4.81. The van der Waals surface area contributed by atoms with E-state index >= 15 is 0 Å². The first kappa shape index (κ1) is 25.7. The number of nitrogens with one attached hydrogen (secondary N) is 1. The molecular weight excluding hydrogens is 496 g/mol. The smallest absolute Gasteiger partial charge is 0.267 e. The number of ether oxygens (including phenoxy) is 2. The van der Waals surface area contributed by atoms with E-state index in [0.717, 1.165) is 17.5 Å². The molecule has 0 spiro atoms. The Balaban J connectivity index is 1.62. The Hall–Kier alpha value is -3.37. The molecule has 4 rings (SSSR count). The Kier molecular flexibility index (Phi) is 7.95. The van der Waals surface area contributed by atoms with Gasteiger partial charge >= 0.3 is 0 Å². The normalized spacial score (nSPS) is 14.7. The number of benzene rings is 1. The topological polar surface area (TPSA) is 85.2 Å². The maximum atomic E-state index is 13.4. The number of hydrogen-bond donors (Lipinski definition) is 1. The van der Waals surface area contributed by atoms with Crippen molar-refractivity contribution in [1.29, 1.82) is 0 Å². The fraction of sp³-hybridized carbons (Fsp3) is 0.308. The maximum Gasteiger partial charge on any atom is 0.267 e. The second-order valence-electron chi connectivity index (χ2n) is 8.31. The number of hydrogen-bond acceptors (Lipinski definition) is 8. The summed E-state index contributed by atoms with van der Waals surface area (Å²) in [5, 5.41) is 3.23. The van der Waals surface area contributed by atoms with Crippen molar-refractivity contribution in [2.24, 2.45) is 0 Å². The van der Waals surface area contributed by atoms with Crippen molar-refractivity contribution >= 4 is 51.7 Å². The van der Waals surface area contributed by atoms with Gasteiger partial charge in [-0.2, -0.15) is 0 Å². The van der Waals surface area contributed by atoms with Gasteiger partial charge in [-0.15, -0.1) is 0 Å². The highest BCUT2D eigenvalue weighted by molar-refractivity contribution is 8.26. The largest absolute Gasteiger partial charge is 0.493 e. The van der Waals surface area contributed by atoms with E-state index in [4.69, 9.17) is 21.7 Å². The van der Waals surface area contributed by atoms with Crippen molar-refractivity contribution in [3.8, 4) is 11.5 Å². The number of anilines is 1. The van der Waals surface area contributed by atoms with E-state index in [9.17, 15) is 9.59 Å². The molecule has 36 heavy (non-hydrogen) atoms. The first-order valence-corrected chi connectivity index (χ1v) is 12.8. The number of thiocarbonyl (C=S) groups is 1. The standard InChI is InChI=1S/C26H28N4O4S2/c1-5-11-27-23-18(24(31)30-15-16(2)6-9-22(30)28-23)14-21-25(32)29(26(35)36-21)12-10-17-7-8-19(33-3)20(13-17)34-4/h6-9,13-15,27H,5,10-12H2,1-4H3. The van der Waals surface area contributed by atoms with Crippen LogP contribution in [0.3, 0.4) is 0 Å². The molecule has 1 aliphatic heterocycles. The van der Waals surface area contributed by atoms with E-state index < -0.39 is 0 Å². The molecule has 0 saturated carbocycles. The molecule has 10 heteroatoms. The van der Waals surface area contributed by atoms with Gasteiger partial charge in [-0.3, -0.25) is 18.9 Å². The number of rotatable bonds is 9. The van der Waals surface area contributed by atoms with E-state index in [1.807, 2.05) is 44.2 Å². The van der Waals surface area contributed by atoms with E-state index in [1.54, 1.807) is 31.4 Å². The summed E-state index contributed by atoms with van der Waals surface area (Å²) in [7, 11) is 3.18. The molecular formula is C26H28N4O4S2. The number of amides is 1. The maximum absolute atomic E-state index is 13.4. The number of pyridine rings is 1. The first-order chi connectivity index (χ1) is 17.4. The van der Waals surface area contributed by atoms with Gasteiger partial charge in [0.25, 0.3) is 11.5 Å². The van der Waals surface area contributed by atoms with Crippen LogP contribution in [-0.4, -0.2) is 51.8 Å². The van der Waals surface area contributed by atoms with Crippen LogP contribution in [0.5, 0.6) is 11.5 Å². The number of methoxy groups -OCH3 is 2. The summed E-state index contributed by atoms with van der Waals surface area (Å²) < 4.78 is 12.6. The summed E-state index contributed by atoms with van der Waals surface area (Å²) in [6.45, 7) is 5.01. The predicted octanol–water partition coefficient (Wildman–Crippen LogP) is 4.29. The second kappa shape index (κ2) is 11.1. The molecule has 0 unspecified atom stereocenters. The summed E-state index contributed by atoms with van der Waals surface area (Å²) in [4.78, 5) is 33.3. The Labute approximate surface area is 219 Å². The molecule has 1 saturated heterocycles. The molecule has 0 aliphatic carbocycles. The van der Waals surface area contributed by atoms with Gasteiger partial charge in [0.15, 0.2) is 11.5 Å². The number of aromatic nitrogens is 2. The molecule has 3 heterocycles. The van der Waals surface area contributed by atoms with E-state index in [1.165, 1.54) is 16.2 Å². The number of fused-ring (bicyclic) bond motifs is 1. The number of carbonyl (C=O) groups excluding carboxylic acids is 1. The molecule has 2 aromatic heterocycles. The molecule has 8 nitrogen and oxygen atoms in total. The van der Waals surface area contributed by atoms with Crippen molar-refractivity contribution in [3.05, 3.63) is 68.5 Å². The lowest BCUT2D eigenvalue weighted by Gasteiger charge is -2.15. The minimum absolute atomic E-state index is 0.222. The van der Waals surface area contributed by atoms with Crippen LogP contribution in [0, 0.1) is 6.92 Å². The van der Waals surface area contributed by atoms with Crippen LogP contribution < -0.4 is 20.3 Å². The Bertz CT molecular complexity index is 1420. The second-order valence-corrected chi connectivity index (χ2v) is 9.99. The summed E-state index contributed by atoms with van der Waals surface area (Å²) >= 11 is 6.71. The summed E-state index contributed by atoms with van der Waals surface area (Å²) in [5.41, 5.74) is 2.57. The van der Waals surface area contributed by atoms with Gasteiger partial charge in [0.2, 0.25) is 0 Å². The number of thioether (sulfide) groups is 1. The van der Waals surface area contributed by atoms with Crippen molar-refractivity contribution < 1.29 is 14.3 Å². The minimum Gasteiger partial charge on any atom is -0.493 e. The lowest BCUT2D eigenvalue weighted by molar-refractivity contribution is -0.122. The molecule has 3 aromatic rings. The van der Waals surface area contributed by atoms with Crippen molar-refractivity contribution in [2.45, 2.75) is 26.7 Å². The third-order valence-electron chi connectivity index (χ3n) is 5.77. The highest BCUT2D eigenvalue weighted by atomic mass is 32.2. The van der Waals surface area contributed by atoms with Crippen molar-refractivity contribution in [2.75, 3.05) is 32.6 Å². The molecule has 1 fully saturated rings. The predicted molar refractivity (Wildman–Crippen MR) is 148 cm³/mol. The van der Waals surface area contributed by atoms with Crippen LogP contribution in [0.2, 0.25) is 0 Å². The number of aryl methyl sites for hydroxylation is 1. The zero-order valence-electron chi connectivity index (χ0n) is 20.7. The fourth-order valence-electron chi connectivity index (χ4n) is 3.87. The van der Waals surface area contributed by atoms with Gasteiger partial charge in [-0.1, -0.05) is 43.0 Å². The summed E-state index contributed by atoms with van der Waals surface area (Å²) in [5.74, 6) is 1.52. The van der Waals surface area contributed by atoms with Gasteiger partial charge in [0.05, 0.1) is 24.7 Å². The van der Waals surface area contributed by atoms with Crippen LogP contribution in [0.25, 0.3) is 11.7 Å². The average molecular weight is 525 g/mol. The zero-order valence-corrected chi connectivity index (χ0v) is 22.3. The molecule has 0 atom stereocenters. The first-order valence-electron chi connectivity index (χ1n) is 11.6. The van der Waals surface area contributed by atoms with E-state index in [-0.39, 0.29) is 11.5 Å². The third kappa shape index (κ3) is 5.24. The van der Waals surface area contributed by atoms with Crippen LogP contribution >= 0.6 is 24.0 Å². The molecule has 1 aromatic carbocycles. The van der Waals surface area contributed by atoms with Crippen LogP contribution in [0.15, 0.2) is 46.2 Å².